The summed E-state index contributed by atoms with van der Waals surface area (Å²) < 4.78 is 56.7. The van der Waals surface area contributed by atoms with Gasteiger partial charge in [-0.1, -0.05) is 37.6 Å². The smallest absolute Gasteiger partial charge is 0.378 e. The Labute approximate surface area is 165 Å². The van der Waals surface area contributed by atoms with Crippen molar-refractivity contribution >= 4 is 5.83 Å². The number of ether oxygens (including phenoxy) is 1. The number of halogens is 4. The zero-order chi connectivity index (χ0) is 20.1. The van der Waals surface area contributed by atoms with Crippen molar-refractivity contribution < 1.29 is 22.3 Å². The zero-order valence-corrected chi connectivity index (χ0v) is 16.5. The van der Waals surface area contributed by atoms with E-state index in [1.807, 2.05) is 0 Å². The minimum Gasteiger partial charge on any atom is -0.378 e. The highest BCUT2D eigenvalue weighted by Crippen LogP contribution is 2.40. The molecule has 3 rings (SSSR count). The van der Waals surface area contributed by atoms with Crippen molar-refractivity contribution in [2.75, 3.05) is 6.61 Å². The molecule has 1 aromatic rings. The number of benzene rings is 1. The van der Waals surface area contributed by atoms with Gasteiger partial charge in [-0.05, 0) is 68.3 Å². The molecule has 2 atom stereocenters. The van der Waals surface area contributed by atoms with E-state index in [0.29, 0.717) is 17.9 Å². The molecule has 1 aliphatic carbocycles. The lowest BCUT2D eigenvalue weighted by atomic mass is 9.75. The maximum atomic E-state index is 13.7. The van der Waals surface area contributed by atoms with Crippen molar-refractivity contribution in [3.05, 3.63) is 41.5 Å². The molecule has 2 aliphatic rings. The molecule has 5 heteroatoms. The van der Waals surface area contributed by atoms with Crippen LogP contribution >= 0.6 is 0 Å². The topological polar surface area (TPSA) is 9.23 Å². The van der Waals surface area contributed by atoms with Crippen LogP contribution in [0.25, 0.3) is 5.83 Å². The Bertz CT molecular complexity index is 634. The van der Waals surface area contributed by atoms with Gasteiger partial charge in [0.15, 0.2) is 0 Å². The van der Waals surface area contributed by atoms with Crippen molar-refractivity contribution in [1.82, 2.24) is 0 Å². The van der Waals surface area contributed by atoms with Crippen molar-refractivity contribution in [3.63, 3.8) is 0 Å². The largest absolute Gasteiger partial charge is 0.412 e. The summed E-state index contributed by atoms with van der Waals surface area (Å²) in [6, 6.07) is 6.46. The molecule has 0 aromatic heterocycles. The molecule has 1 saturated heterocycles. The molecule has 2 unspecified atom stereocenters. The van der Waals surface area contributed by atoms with Crippen LogP contribution in [0.3, 0.4) is 0 Å². The molecule has 0 spiro atoms. The molecule has 0 bridgehead atoms. The van der Waals surface area contributed by atoms with E-state index in [9.17, 15) is 17.6 Å². The van der Waals surface area contributed by atoms with Crippen molar-refractivity contribution in [3.8, 4) is 0 Å². The van der Waals surface area contributed by atoms with Crippen LogP contribution in [0, 0.1) is 11.8 Å². The van der Waals surface area contributed by atoms with Crippen molar-refractivity contribution in [1.29, 1.82) is 0 Å². The summed E-state index contributed by atoms with van der Waals surface area (Å²) in [6.07, 6.45) is 4.74. The van der Waals surface area contributed by atoms with E-state index >= 15 is 0 Å². The van der Waals surface area contributed by atoms with Gasteiger partial charge in [0.1, 0.15) is 5.83 Å². The van der Waals surface area contributed by atoms with Crippen LogP contribution in [0.2, 0.25) is 0 Å². The van der Waals surface area contributed by atoms with Gasteiger partial charge < -0.3 is 4.74 Å². The van der Waals surface area contributed by atoms with Crippen molar-refractivity contribution in [2.45, 2.75) is 76.5 Å². The lowest BCUT2D eigenvalue weighted by Crippen LogP contribution is -2.33. The van der Waals surface area contributed by atoms with E-state index in [1.165, 1.54) is 37.8 Å². The first-order valence-corrected chi connectivity index (χ1v) is 10.5. The second-order valence-electron chi connectivity index (χ2n) is 8.37. The van der Waals surface area contributed by atoms with Gasteiger partial charge in [-0.25, -0.2) is 4.39 Å². The summed E-state index contributed by atoms with van der Waals surface area (Å²) >= 11 is 0. The first-order chi connectivity index (χ1) is 13.4. The molecule has 1 nitrogen and oxygen atoms in total. The first kappa shape index (κ1) is 21.4. The monoisotopic (exact) mass is 398 g/mol. The van der Waals surface area contributed by atoms with E-state index in [1.54, 1.807) is 12.1 Å². The molecule has 156 valence electrons. The minimum absolute atomic E-state index is 0.0213. The first-order valence-electron chi connectivity index (χ1n) is 10.5. The molecular formula is C23H30F4O. The summed E-state index contributed by atoms with van der Waals surface area (Å²) in [6.45, 7) is 3.12. The predicted molar refractivity (Wildman–Crippen MR) is 104 cm³/mol. The Morgan fingerprint density at radius 1 is 1.04 bits per heavy atom. The zero-order valence-electron chi connectivity index (χ0n) is 16.5. The molecule has 0 amide bonds. The average molecular weight is 398 g/mol. The Balaban J connectivity index is 1.51. The van der Waals surface area contributed by atoms with Gasteiger partial charge in [0.25, 0.3) is 0 Å². The summed E-state index contributed by atoms with van der Waals surface area (Å²) in [4.78, 5) is 0. The van der Waals surface area contributed by atoms with E-state index in [2.05, 4.69) is 6.92 Å². The van der Waals surface area contributed by atoms with E-state index < -0.39 is 12.0 Å². The summed E-state index contributed by atoms with van der Waals surface area (Å²) in [5.41, 5.74) is 1.07. The Kier molecular flexibility index (Phi) is 7.19. The van der Waals surface area contributed by atoms with Crippen LogP contribution < -0.4 is 0 Å². The highest BCUT2D eigenvalue weighted by Gasteiger charge is 2.32. The van der Waals surface area contributed by atoms with Crippen LogP contribution in [0.15, 0.2) is 30.3 Å². The number of rotatable bonds is 5. The number of hydrogen-bond acceptors (Lipinski definition) is 1. The third-order valence-electron chi connectivity index (χ3n) is 6.35. The Hall–Kier alpha value is -1.36. The van der Waals surface area contributed by atoms with Crippen LogP contribution in [-0.2, 0) is 4.74 Å². The second-order valence-corrected chi connectivity index (χ2v) is 8.37. The fourth-order valence-corrected chi connectivity index (χ4v) is 4.80. The van der Waals surface area contributed by atoms with Crippen LogP contribution in [0.4, 0.5) is 17.6 Å². The second kappa shape index (κ2) is 9.43. The Morgan fingerprint density at radius 2 is 1.71 bits per heavy atom. The normalized spacial score (nSPS) is 29.7. The quantitative estimate of drug-likeness (QED) is 0.469. The molecule has 2 fully saturated rings. The minimum atomic E-state index is -4.64. The maximum Gasteiger partial charge on any atom is 0.412 e. The molecule has 1 aromatic carbocycles. The van der Waals surface area contributed by atoms with Gasteiger partial charge >= 0.3 is 6.18 Å². The van der Waals surface area contributed by atoms with Gasteiger partial charge in [-0.2, -0.15) is 13.2 Å². The third-order valence-corrected chi connectivity index (χ3v) is 6.35. The molecule has 1 heterocycles. The maximum absolute atomic E-state index is 13.7. The standard InChI is InChI=1S/C23H30F4O/c1-2-3-16-4-13-22(28-15-16)20-11-7-18(8-12-20)17-5-9-19(10-6-17)21(24)14-23(25,26)27/h5-6,9-10,14,16,18,20,22H,2-4,7-8,11-13,15H2,1H3/b21-14-. The van der Waals surface area contributed by atoms with Crippen LogP contribution in [0.1, 0.15) is 75.3 Å². The SMILES string of the molecule is CCCC1CCC(C2CCC(c3ccc(/C(F)=C/C(F)(F)F)cc3)CC2)OC1. The number of alkyl halides is 3. The summed E-state index contributed by atoms with van der Waals surface area (Å²) in [7, 11) is 0. The lowest BCUT2D eigenvalue weighted by molar-refractivity contribution is -0.0798. The number of hydrogen-bond donors (Lipinski definition) is 0. The van der Waals surface area contributed by atoms with Gasteiger partial charge in [0, 0.05) is 12.2 Å². The van der Waals surface area contributed by atoms with E-state index in [4.69, 9.17) is 4.74 Å². The van der Waals surface area contributed by atoms with Gasteiger partial charge in [-0.3, -0.25) is 0 Å². The molecule has 28 heavy (non-hydrogen) atoms. The Morgan fingerprint density at radius 3 is 2.25 bits per heavy atom. The lowest BCUT2D eigenvalue weighted by Gasteiger charge is -2.38. The summed E-state index contributed by atoms with van der Waals surface area (Å²) in [5.74, 6) is 0.503. The van der Waals surface area contributed by atoms with Crippen LogP contribution in [-0.4, -0.2) is 18.9 Å². The fourth-order valence-electron chi connectivity index (χ4n) is 4.80. The highest BCUT2D eigenvalue weighted by molar-refractivity contribution is 5.59. The highest BCUT2D eigenvalue weighted by atomic mass is 19.4. The van der Waals surface area contributed by atoms with Crippen molar-refractivity contribution in [2.24, 2.45) is 11.8 Å². The van der Waals surface area contributed by atoms with Gasteiger partial charge in [0.2, 0.25) is 0 Å². The molecule has 0 N–H and O–H groups in total. The molecule has 1 aliphatic heterocycles. The van der Waals surface area contributed by atoms with Crippen LogP contribution in [0.5, 0.6) is 0 Å². The van der Waals surface area contributed by atoms with Gasteiger partial charge in [0.05, 0.1) is 12.2 Å². The molecular weight excluding hydrogens is 368 g/mol. The average Bonchev–Trinajstić information content (AvgIpc) is 2.68. The summed E-state index contributed by atoms with van der Waals surface area (Å²) in [5, 5.41) is 0. The van der Waals surface area contributed by atoms with E-state index in [0.717, 1.165) is 43.8 Å². The van der Waals surface area contributed by atoms with E-state index in [-0.39, 0.29) is 11.6 Å². The third kappa shape index (κ3) is 5.82. The van der Waals surface area contributed by atoms with Gasteiger partial charge in [-0.15, -0.1) is 0 Å². The fraction of sp³-hybridized carbons (Fsp3) is 0.652. The molecule has 0 radical (unpaired) electrons. The molecule has 1 saturated carbocycles. The predicted octanol–water partition coefficient (Wildman–Crippen LogP) is 7.43. The number of allylic oxidation sites excluding steroid dienone is 1.